The molecule has 0 atom stereocenters. The van der Waals surface area contributed by atoms with Crippen molar-refractivity contribution < 1.29 is 23.8 Å². The first kappa shape index (κ1) is 20.3. The van der Waals surface area contributed by atoms with E-state index >= 15 is 0 Å². The molecule has 0 spiro atoms. The van der Waals surface area contributed by atoms with Gasteiger partial charge in [-0.2, -0.15) is 4.99 Å². The molecule has 0 bridgehead atoms. The molecular weight excluding hydrogens is 428 g/mol. The minimum absolute atomic E-state index is 0.0478. The fourth-order valence-electron chi connectivity index (χ4n) is 3.79. The number of rotatable bonds is 5. The summed E-state index contributed by atoms with van der Waals surface area (Å²) in [6.45, 7) is 2.14. The average molecular weight is 449 g/mol. The van der Waals surface area contributed by atoms with Gasteiger partial charge in [0.2, 0.25) is 6.79 Å². The van der Waals surface area contributed by atoms with Gasteiger partial charge in [0.15, 0.2) is 16.3 Å². The van der Waals surface area contributed by atoms with E-state index < -0.39 is 5.97 Å². The van der Waals surface area contributed by atoms with Crippen molar-refractivity contribution >= 4 is 44.2 Å². The van der Waals surface area contributed by atoms with E-state index in [0.29, 0.717) is 16.3 Å². The number of benzene rings is 3. The number of fused-ring (bicyclic) bond motifs is 3. The Bertz CT molecular complexity index is 1410. The minimum atomic E-state index is -0.396. The summed E-state index contributed by atoms with van der Waals surface area (Å²) in [5.74, 6) is 0.551. The Morgan fingerprint density at radius 1 is 1.09 bits per heavy atom. The van der Waals surface area contributed by atoms with Gasteiger partial charge < -0.3 is 18.8 Å². The molecule has 1 aliphatic rings. The van der Waals surface area contributed by atoms with E-state index in [-0.39, 0.29) is 32.3 Å². The average Bonchev–Trinajstić information content (AvgIpc) is 3.36. The first-order valence-electron chi connectivity index (χ1n) is 10.2. The molecule has 1 amide bonds. The summed E-state index contributed by atoms with van der Waals surface area (Å²) in [7, 11) is 0. The summed E-state index contributed by atoms with van der Waals surface area (Å²) >= 11 is 1.32. The lowest BCUT2D eigenvalue weighted by atomic mass is 10.0. The number of hydrogen-bond donors (Lipinski definition) is 0. The van der Waals surface area contributed by atoms with E-state index in [2.05, 4.69) is 4.99 Å². The van der Waals surface area contributed by atoms with E-state index in [4.69, 9.17) is 14.2 Å². The summed E-state index contributed by atoms with van der Waals surface area (Å²) in [4.78, 5) is 30.0. The highest BCUT2D eigenvalue weighted by Crippen LogP contribution is 2.37. The zero-order chi connectivity index (χ0) is 22.1. The van der Waals surface area contributed by atoms with E-state index in [1.165, 1.54) is 11.3 Å². The number of amides is 1. The molecule has 0 saturated heterocycles. The van der Waals surface area contributed by atoms with Crippen molar-refractivity contribution in [3.63, 3.8) is 0 Å². The van der Waals surface area contributed by atoms with Gasteiger partial charge in [-0.05, 0) is 23.3 Å². The Hall–Kier alpha value is -3.65. The molecule has 162 valence electrons. The lowest BCUT2D eigenvalue weighted by molar-refractivity contribution is -0.143. The molecule has 0 radical (unpaired) electrons. The van der Waals surface area contributed by atoms with Crippen molar-refractivity contribution in [3.8, 4) is 11.5 Å². The molecule has 3 aromatic carbocycles. The summed E-state index contributed by atoms with van der Waals surface area (Å²) in [6, 6.07) is 17.5. The van der Waals surface area contributed by atoms with Crippen LogP contribution in [-0.2, 0) is 27.3 Å². The molecule has 1 aliphatic heterocycles. The van der Waals surface area contributed by atoms with Crippen LogP contribution in [0.5, 0.6) is 11.5 Å². The molecule has 0 fully saturated rings. The maximum Gasteiger partial charge on any atom is 0.326 e. The van der Waals surface area contributed by atoms with Gasteiger partial charge in [0.05, 0.1) is 23.2 Å². The molecular formula is C24H20N2O5S. The monoisotopic (exact) mass is 448 g/mol. The van der Waals surface area contributed by atoms with Gasteiger partial charge in [0.1, 0.15) is 6.54 Å². The normalized spacial score (nSPS) is 13.1. The van der Waals surface area contributed by atoms with Crippen LogP contribution in [0.1, 0.15) is 12.5 Å². The second kappa shape index (κ2) is 8.47. The zero-order valence-corrected chi connectivity index (χ0v) is 18.2. The first-order valence-corrected chi connectivity index (χ1v) is 11.1. The first-order chi connectivity index (χ1) is 15.6. The molecule has 0 aliphatic carbocycles. The SMILES string of the molecule is CCOC(=O)Cn1c(=NC(=O)Cc2cccc3ccccc23)sc2cc3c(cc21)OCO3. The molecule has 7 nitrogen and oxygen atoms in total. The fourth-order valence-corrected chi connectivity index (χ4v) is 4.85. The molecule has 1 aromatic heterocycles. The predicted octanol–water partition coefficient (Wildman–Crippen LogP) is 3.82. The van der Waals surface area contributed by atoms with Crippen LogP contribution in [0.4, 0.5) is 0 Å². The van der Waals surface area contributed by atoms with Crippen LogP contribution in [0.15, 0.2) is 59.6 Å². The van der Waals surface area contributed by atoms with Crippen LogP contribution in [0.2, 0.25) is 0 Å². The standard InChI is InChI=1S/C24H20N2O5S/c1-2-29-23(28)13-26-18-11-19-20(31-14-30-19)12-21(18)32-24(26)25-22(27)10-16-8-5-7-15-6-3-4-9-17(15)16/h3-9,11-12H,2,10,13-14H2,1H3. The molecule has 4 aromatic rings. The Labute approximate surface area is 187 Å². The topological polar surface area (TPSA) is 79.1 Å². The maximum absolute atomic E-state index is 12.9. The Morgan fingerprint density at radius 2 is 1.88 bits per heavy atom. The number of aromatic nitrogens is 1. The van der Waals surface area contributed by atoms with Crippen molar-refractivity contribution in [2.24, 2.45) is 4.99 Å². The second-order valence-corrected chi connectivity index (χ2v) is 8.28. The zero-order valence-electron chi connectivity index (χ0n) is 17.4. The third-order valence-corrected chi connectivity index (χ3v) is 6.25. The lowest BCUT2D eigenvalue weighted by Gasteiger charge is -2.06. The fraction of sp³-hybridized carbons (Fsp3) is 0.208. The Morgan fingerprint density at radius 3 is 2.72 bits per heavy atom. The van der Waals surface area contributed by atoms with Gasteiger partial charge in [-0.15, -0.1) is 0 Å². The van der Waals surface area contributed by atoms with Crippen LogP contribution in [0, 0.1) is 0 Å². The van der Waals surface area contributed by atoms with Crippen LogP contribution >= 0.6 is 11.3 Å². The van der Waals surface area contributed by atoms with Crippen LogP contribution in [0.25, 0.3) is 21.0 Å². The van der Waals surface area contributed by atoms with Crippen molar-refractivity contribution in [3.05, 3.63) is 65.0 Å². The van der Waals surface area contributed by atoms with E-state index in [0.717, 1.165) is 26.6 Å². The van der Waals surface area contributed by atoms with Gasteiger partial charge in [-0.25, -0.2) is 0 Å². The van der Waals surface area contributed by atoms with Crippen molar-refractivity contribution in [2.75, 3.05) is 13.4 Å². The molecule has 5 rings (SSSR count). The molecule has 0 N–H and O–H groups in total. The number of esters is 1. The number of carbonyl (C=O) groups is 2. The molecule has 2 heterocycles. The quantitative estimate of drug-likeness (QED) is 0.434. The molecule has 8 heteroatoms. The highest BCUT2D eigenvalue weighted by molar-refractivity contribution is 7.16. The molecule has 0 unspecified atom stereocenters. The van der Waals surface area contributed by atoms with Gasteiger partial charge in [-0.3, -0.25) is 9.59 Å². The summed E-state index contributed by atoms with van der Waals surface area (Å²) in [6.07, 6.45) is 0.164. The lowest BCUT2D eigenvalue weighted by Crippen LogP contribution is -2.23. The van der Waals surface area contributed by atoms with Gasteiger partial charge in [0, 0.05) is 12.1 Å². The summed E-state index contributed by atoms with van der Waals surface area (Å²) < 4.78 is 18.6. The highest BCUT2D eigenvalue weighted by atomic mass is 32.1. The van der Waals surface area contributed by atoms with Gasteiger partial charge >= 0.3 is 5.97 Å². The third kappa shape index (κ3) is 3.85. The Kier molecular flexibility index (Phi) is 5.36. The summed E-state index contributed by atoms with van der Waals surface area (Å²) in [5, 5.41) is 2.10. The largest absolute Gasteiger partial charge is 0.465 e. The maximum atomic E-state index is 12.9. The second-order valence-electron chi connectivity index (χ2n) is 7.27. The molecule has 0 saturated carbocycles. The summed E-state index contributed by atoms with van der Waals surface area (Å²) in [5.41, 5.74) is 1.65. The van der Waals surface area contributed by atoms with Crippen molar-refractivity contribution in [1.82, 2.24) is 4.57 Å². The van der Waals surface area contributed by atoms with Gasteiger partial charge in [-0.1, -0.05) is 53.8 Å². The van der Waals surface area contributed by atoms with Gasteiger partial charge in [0.25, 0.3) is 5.91 Å². The smallest absolute Gasteiger partial charge is 0.326 e. The van der Waals surface area contributed by atoms with Crippen molar-refractivity contribution in [2.45, 2.75) is 19.9 Å². The minimum Gasteiger partial charge on any atom is -0.465 e. The third-order valence-electron chi connectivity index (χ3n) is 5.21. The number of ether oxygens (including phenoxy) is 3. The van der Waals surface area contributed by atoms with Crippen molar-refractivity contribution in [1.29, 1.82) is 0 Å². The number of hydrogen-bond acceptors (Lipinski definition) is 6. The van der Waals surface area contributed by atoms with Crippen LogP contribution in [0.3, 0.4) is 0 Å². The number of thiazole rings is 1. The van der Waals surface area contributed by atoms with E-state index in [1.54, 1.807) is 11.5 Å². The predicted molar refractivity (Wildman–Crippen MR) is 121 cm³/mol. The Balaban J connectivity index is 1.55. The van der Waals surface area contributed by atoms with E-state index in [9.17, 15) is 9.59 Å². The van der Waals surface area contributed by atoms with Crippen LogP contribution in [-0.4, -0.2) is 29.8 Å². The highest BCUT2D eigenvalue weighted by Gasteiger charge is 2.19. The number of nitrogens with zero attached hydrogens (tertiary/aromatic N) is 2. The van der Waals surface area contributed by atoms with E-state index in [1.807, 2.05) is 54.6 Å². The number of carbonyl (C=O) groups excluding carboxylic acids is 2. The van der Waals surface area contributed by atoms with Crippen LogP contribution < -0.4 is 14.3 Å². The molecule has 32 heavy (non-hydrogen) atoms.